The second-order valence-electron chi connectivity index (χ2n) is 6.62. The maximum Gasteiger partial charge on any atom is 0.315 e. The van der Waals surface area contributed by atoms with Crippen molar-refractivity contribution in [2.45, 2.75) is 19.0 Å². The molecule has 0 radical (unpaired) electrons. The molecule has 0 spiro atoms. The monoisotopic (exact) mass is 399 g/mol. The number of urea groups is 1. The molecule has 2 aromatic rings. The number of amides is 3. The second kappa shape index (κ2) is 9.18. The fourth-order valence-electron chi connectivity index (χ4n) is 3.21. The van der Waals surface area contributed by atoms with Crippen LogP contribution in [0.5, 0.6) is 17.2 Å². The predicted molar refractivity (Wildman–Crippen MR) is 109 cm³/mol. The van der Waals surface area contributed by atoms with Crippen molar-refractivity contribution in [2.75, 3.05) is 32.8 Å². The van der Waals surface area contributed by atoms with E-state index in [0.717, 1.165) is 11.3 Å². The molecule has 8 nitrogen and oxygen atoms in total. The van der Waals surface area contributed by atoms with Crippen LogP contribution in [-0.4, -0.2) is 45.9 Å². The number of benzene rings is 2. The van der Waals surface area contributed by atoms with Gasteiger partial charge in [-0.15, -0.1) is 0 Å². The molecule has 0 aliphatic carbocycles. The molecule has 1 atom stereocenters. The van der Waals surface area contributed by atoms with Crippen molar-refractivity contribution >= 4 is 17.6 Å². The zero-order valence-corrected chi connectivity index (χ0v) is 16.7. The maximum absolute atomic E-state index is 12.4. The Morgan fingerprint density at radius 1 is 1.03 bits per heavy atom. The minimum atomic E-state index is -0.312. The standard InChI is InChI=1S/C21H25N3O5/c1-27-17-7-4-14(5-8-17)12-22-21(26)23-15-10-20(25)24(13-15)16-6-9-18(28-2)19(11-16)29-3/h4-9,11,15H,10,12-13H2,1-3H3,(H2,22,23,26)/t15-/m0/s1. The first-order chi connectivity index (χ1) is 14.0. The Morgan fingerprint density at radius 3 is 2.41 bits per heavy atom. The van der Waals surface area contributed by atoms with Gasteiger partial charge in [0.1, 0.15) is 5.75 Å². The van der Waals surface area contributed by atoms with Crippen molar-refractivity contribution in [3.8, 4) is 17.2 Å². The average molecular weight is 399 g/mol. The zero-order valence-electron chi connectivity index (χ0n) is 16.7. The molecule has 1 fully saturated rings. The van der Waals surface area contributed by atoms with Crippen LogP contribution >= 0.6 is 0 Å². The highest BCUT2D eigenvalue weighted by Gasteiger charge is 2.32. The van der Waals surface area contributed by atoms with Crippen molar-refractivity contribution in [2.24, 2.45) is 0 Å². The normalized spacial score (nSPS) is 15.8. The lowest BCUT2D eigenvalue weighted by Crippen LogP contribution is -2.43. The Balaban J connectivity index is 1.55. The fourth-order valence-corrected chi connectivity index (χ4v) is 3.21. The van der Waals surface area contributed by atoms with Gasteiger partial charge in [0.15, 0.2) is 11.5 Å². The molecule has 0 bridgehead atoms. The molecule has 8 heteroatoms. The molecular formula is C21H25N3O5. The van der Waals surface area contributed by atoms with Gasteiger partial charge < -0.3 is 29.7 Å². The van der Waals surface area contributed by atoms with Gasteiger partial charge in [-0.2, -0.15) is 0 Å². The molecule has 1 saturated heterocycles. The van der Waals surface area contributed by atoms with Crippen LogP contribution in [0.15, 0.2) is 42.5 Å². The van der Waals surface area contributed by atoms with Crippen molar-refractivity contribution in [3.05, 3.63) is 48.0 Å². The van der Waals surface area contributed by atoms with Gasteiger partial charge in [0.2, 0.25) is 5.91 Å². The quantitative estimate of drug-likeness (QED) is 0.746. The van der Waals surface area contributed by atoms with Gasteiger partial charge in [-0.25, -0.2) is 4.79 Å². The minimum absolute atomic E-state index is 0.0577. The first-order valence-electron chi connectivity index (χ1n) is 9.23. The lowest BCUT2D eigenvalue weighted by molar-refractivity contribution is -0.117. The zero-order chi connectivity index (χ0) is 20.8. The summed E-state index contributed by atoms with van der Waals surface area (Å²) < 4.78 is 15.6. The van der Waals surface area contributed by atoms with E-state index in [1.54, 1.807) is 44.4 Å². The van der Waals surface area contributed by atoms with Crippen LogP contribution in [0.2, 0.25) is 0 Å². The van der Waals surface area contributed by atoms with Gasteiger partial charge >= 0.3 is 6.03 Å². The third kappa shape index (κ3) is 4.90. The second-order valence-corrected chi connectivity index (χ2v) is 6.62. The first kappa shape index (κ1) is 20.3. The summed E-state index contributed by atoms with van der Waals surface area (Å²) in [7, 11) is 4.71. The molecule has 2 N–H and O–H groups in total. The van der Waals surface area contributed by atoms with Crippen LogP contribution in [0.4, 0.5) is 10.5 Å². The SMILES string of the molecule is COc1ccc(CNC(=O)N[C@H]2CC(=O)N(c3ccc(OC)c(OC)c3)C2)cc1. The van der Waals surface area contributed by atoms with Gasteiger partial charge in [0, 0.05) is 31.3 Å². The first-order valence-corrected chi connectivity index (χ1v) is 9.23. The van der Waals surface area contributed by atoms with E-state index in [1.165, 1.54) is 0 Å². The Kier molecular flexibility index (Phi) is 6.43. The number of hydrogen-bond donors (Lipinski definition) is 2. The molecule has 154 valence electrons. The van der Waals surface area contributed by atoms with Crippen LogP contribution in [-0.2, 0) is 11.3 Å². The molecule has 0 unspecified atom stereocenters. The molecule has 1 aliphatic heterocycles. The van der Waals surface area contributed by atoms with Gasteiger partial charge in [0.25, 0.3) is 0 Å². The summed E-state index contributed by atoms with van der Waals surface area (Å²) in [4.78, 5) is 26.3. The number of ether oxygens (including phenoxy) is 3. The van der Waals surface area contributed by atoms with Gasteiger partial charge in [-0.1, -0.05) is 12.1 Å². The summed E-state index contributed by atoms with van der Waals surface area (Å²) >= 11 is 0. The summed E-state index contributed by atoms with van der Waals surface area (Å²) in [6.45, 7) is 0.778. The molecule has 3 amide bonds. The lowest BCUT2D eigenvalue weighted by atomic mass is 10.2. The summed E-state index contributed by atoms with van der Waals surface area (Å²) in [5.74, 6) is 1.84. The molecule has 0 saturated carbocycles. The predicted octanol–water partition coefficient (Wildman–Crippen LogP) is 2.32. The Hall–Kier alpha value is -3.42. The molecule has 0 aromatic heterocycles. The number of hydrogen-bond acceptors (Lipinski definition) is 5. The molecular weight excluding hydrogens is 374 g/mol. The van der Waals surface area contributed by atoms with Crippen molar-refractivity contribution in [3.63, 3.8) is 0 Å². The average Bonchev–Trinajstić information content (AvgIpc) is 3.11. The van der Waals surface area contributed by atoms with Crippen LogP contribution < -0.4 is 29.7 Å². The van der Waals surface area contributed by atoms with Crippen LogP contribution in [0.25, 0.3) is 0 Å². The molecule has 3 rings (SSSR count). The van der Waals surface area contributed by atoms with Crippen molar-refractivity contribution < 1.29 is 23.8 Å². The Labute approximate surface area is 169 Å². The van der Waals surface area contributed by atoms with E-state index >= 15 is 0 Å². The molecule has 2 aromatic carbocycles. The summed E-state index contributed by atoms with van der Waals surface area (Å²) in [6.07, 6.45) is 0.240. The van der Waals surface area contributed by atoms with Gasteiger partial charge in [0.05, 0.1) is 27.4 Å². The largest absolute Gasteiger partial charge is 0.497 e. The number of rotatable bonds is 7. The third-order valence-corrected chi connectivity index (χ3v) is 4.75. The van der Waals surface area contributed by atoms with E-state index in [0.29, 0.717) is 30.3 Å². The number of nitrogens with zero attached hydrogens (tertiary/aromatic N) is 1. The highest BCUT2D eigenvalue weighted by Crippen LogP contribution is 2.33. The fraction of sp³-hybridized carbons (Fsp3) is 0.333. The topological polar surface area (TPSA) is 89.1 Å². The minimum Gasteiger partial charge on any atom is -0.497 e. The number of methoxy groups -OCH3 is 3. The van der Waals surface area contributed by atoms with E-state index in [4.69, 9.17) is 14.2 Å². The van der Waals surface area contributed by atoms with Gasteiger partial charge in [-0.05, 0) is 29.8 Å². The Bertz CT molecular complexity index is 869. The van der Waals surface area contributed by atoms with Crippen LogP contribution in [0.3, 0.4) is 0 Å². The highest BCUT2D eigenvalue weighted by atomic mass is 16.5. The lowest BCUT2D eigenvalue weighted by Gasteiger charge is -2.19. The highest BCUT2D eigenvalue weighted by molar-refractivity contribution is 5.97. The van der Waals surface area contributed by atoms with E-state index < -0.39 is 0 Å². The van der Waals surface area contributed by atoms with Gasteiger partial charge in [-0.3, -0.25) is 4.79 Å². The van der Waals surface area contributed by atoms with E-state index in [2.05, 4.69) is 10.6 Å². The molecule has 29 heavy (non-hydrogen) atoms. The number of anilines is 1. The number of carbonyl (C=O) groups excluding carboxylic acids is 2. The number of nitrogens with one attached hydrogen (secondary N) is 2. The van der Waals surface area contributed by atoms with E-state index in [1.807, 2.05) is 24.3 Å². The van der Waals surface area contributed by atoms with Crippen LogP contribution in [0.1, 0.15) is 12.0 Å². The smallest absolute Gasteiger partial charge is 0.315 e. The summed E-state index contributed by atoms with van der Waals surface area (Å²) in [6, 6.07) is 12.2. The van der Waals surface area contributed by atoms with Crippen molar-refractivity contribution in [1.29, 1.82) is 0 Å². The van der Waals surface area contributed by atoms with Crippen LogP contribution in [0, 0.1) is 0 Å². The summed E-state index contributed by atoms with van der Waals surface area (Å²) in [5.41, 5.74) is 1.66. The number of carbonyl (C=O) groups is 2. The van der Waals surface area contributed by atoms with E-state index in [9.17, 15) is 9.59 Å². The maximum atomic E-state index is 12.4. The molecule has 1 heterocycles. The third-order valence-electron chi connectivity index (χ3n) is 4.75. The molecule has 1 aliphatic rings. The van der Waals surface area contributed by atoms with E-state index in [-0.39, 0.29) is 24.4 Å². The Morgan fingerprint density at radius 2 is 1.76 bits per heavy atom. The summed E-state index contributed by atoms with van der Waals surface area (Å²) in [5, 5.41) is 5.67. The van der Waals surface area contributed by atoms with Crippen molar-refractivity contribution in [1.82, 2.24) is 10.6 Å².